The minimum Gasteiger partial charge on any atom is -0.398 e. The van der Waals surface area contributed by atoms with E-state index < -0.39 is 0 Å². The van der Waals surface area contributed by atoms with Crippen LogP contribution in [0.15, 0.2) is 22.7 Å². The second kappa shape index (κ2) is 4.85. The summed E-state index contributed by atoms with van der Waals surface area (Å²) in [5, 5.41) is 4.70. The van der Waals surface area contributed by atoms with Gasteiger partial charge in [-0.2, -0.15) is 4.98 Å². The van der Waals surface area contributed by atoms with Gasteiger partial charge in [-0.25, -0.2) is 0 Å². The van der Waals surface area contributed by atoms with E-state index in [1.807, 2.05) is 6.07 Å². The van der Waals surface area contributed by atoms with Crippen molar-refractivity contribution in [3.8, 4) is 11.5 Å². The smallest absolute Gasteiger partial charge is 0.260 e. The zero-order chi connectivity index (χ0) is 13.4. The Hall–Kier alpha value is -1.55. The first-order valence-electron chi connectivity index (χ1n) is 6.52. The molecule has 1 aliphatic rings. The molecule has 1 heterocycles. The minimum absolute atomic E-state index is 0.418. The molecule has 1 fully saturated rings. The van der Waals surface area contributed by atoms with Gasteiger partial charge in [-0.05, 0) is 43.4 Å². The van der Waals surface area contributed by atoms with Crippen LogP contribution in [0.25, 0.3) is 11.5 Å². The zero-order valence-corrected chi connectivity index (χ0v) is 11.5. The molecule has 2 unspecified atom stereocenters. The van der Waals surface area contributed by atoms with E-state index in [0.29, 0.717) is 22.5 Å². The number of hydrogen-bond donors (Lipinski definition) is 1. The van der Waals surface area contributed by atoms with E-state index in [2.05, 4.69) is 17.1 Å². The predicted molar refractivity (Wildman–Crippen MR) is 74.9 cm³/mol. The molecular formula is C14H16ClN3O. The second-order valence-corrected chi connectivity index (χ2v) is 5.74. The molecule has 0 saturated heterocycles. The largest absolute Gasteiger partial charge is 0.398 e. The van der Waals surface area contributed by atoms with E-state index in [9.17, 15) is 0 Å². The van der Waals surface area contributed by atoms with Crippen LogP contribution in [-0.4, -0.2) is 10.1 Å². The lowest BCUT2D eigenvalue weighted by molar-refractivity contribution is 0.415. The summed E-state index contributed by atoms with van der Waals surface area (Å²) in [6.07, 6.45) is 3.50. The Kier molecular flexibility index (Phi) is 3.19. The molecule has 1 aromatic carbocycles. The molecule has 2 atom stereocenters. The number of aromatic nitrogens is 2. The van der Waals surface area contributed by atoms with Gasteiger partial charge in [-0.15, -0.1) is 0 Å². The Morgan fingerprint density at radius 2 is 2.21 bits per heavy atom. The van der Waals surface area contributed by atoms with Crippen molar-refractivity contribution in [3.63, 3.8) is 0 Å². The highest BCUT2D eigenvalue weighted by Gasteiger charge is 2.27. The summed E-state index contributed by atoms with van der Waals surface area (Å²) in [6, 6.07) is 5.28. The predicted octanol–water partition coefficient (Wildman–Crippen LogP) is 3.88. The molecule has 0 radical (unpaired) electrons. The number of benzene rings is 1. The van der Waals surface area contributed by atoms with E-state index in [-0.39, 0.29) is 0 Å². The molecule has 2 N–H and O–H groups in total. The van der Waals surface area contributed by atoms with Gasteiger partial charge in [0.15, 0.2) is 5.82 Å². The fraction of sp³-hybridized carbons (Fsp3) is 0.429. The number of anilines is 1. The first kappa shape index (κ1) is 12.5. The maximum absolute atomic E-state index is 5.93. The maximum atomic E-state index is 5.93. The molecule has 5 heteroatoms. The average Bonchev–Trinajstić information content (AvgIpc) is 2.97. The average molecular weight is 278 g/mol. The summed E-state index contributed by atoms with van der Waals surface area (Å²) in [7, 11) is 0. The van der Waals surface area contributed by atoms with Gasteiger partial charge in [0.05, 0.1) is 5.56 Å². The molecule has 2 aromatic rings. The van der Waals surface area contributed by atoms with E-state index in [1.165, 1.54) is 6.42 Å². The molecule has 4 nitrogen and oxygen atoms in total. The quantitative estimate of drug-likeness (QED) is 0.846. The third-order valence-electron chi connectivity index (χ3n) is 3.75. The molecule has 0 spiro atoms. The van der Waals surface area contributed by atoms with Crippen LogP contribution in [0, 0.1) is 5.92 Å². The van der Waals surface area contributed by atoms with Gasteiger partial charge < -0.3 is 10.3 Å². The van der Waals surface area contributed by atoms with Crippen molar-refractivity contribution in [2.24, 2.45) is 5.92 Å². The Morgan fingerprint density at radius 1 is 1.37 bits per heavy atom. The molecule has 100 valence electrons. The van der Waals surface area contributed by atoms with Gasteiger partial charge in [0.1, 0.15) is 0 Å². The SMILES string of the molecule is CC1CCC(c2noc(-c3ccc(Cl)cc3N)n2)C1. The van der Waals surface area contributed by atoms with Crippen molar-refractivity contribution >= 4 is 17.3 Å². The molecule has 1 aromatic heterocycles. The van der Waals surface area contributed by atoms with Gasteiger partial charge in [-0.1, -0.05) is 23.7 Å². The number of hydrogen-bond acceptors (Lipinski definition) is 4. The van der Waals surface area contributed by atoms with Gasteiger partial charge in [0, 0.05) is 16.6 Å². The summed E-state index contributed by atoms with van der Waals surface area (Å²) in [6.45, 7) is 2.26. The normalized spacial score (nSPS) is 22.8. The summed E-state index contributed by atoms with van der Waals surface area (Å²) < 4.78 is 5.33. The molecular weight excluding hydrogens is 262 g/mol. The van der Waals surface area contributed by atoms with Crippen LogP contribution in [0.2, 0.25) is 5.02 Å². The van der Waals surface area contributed by atoms with Crippen molar-refractivity contribution in [3.05, 3.63) is 29.0 Å². The highest BCUT2D eigenvalue weighted by Crippen LogP contribution is 2.37. The summed E-state index contributed by atoms with van der Waals surface area (Å²) in [4.78, 5) is 4.49. The lowest BCUT2D eigenvalue weighted by Gasteiger charge is -2.02. The highest BCUT2D eigenvalue weighted by molar-refractivity contribution is 6.31. The third kappa shape index (κ3) is 2.45. The Morgan fingerprint density at radius 3 is 2.89 bits per heavy atom. The molecule has 0 amide bonds. The van der Waals surface area contributed by atoms with Crippen LogP contribution in [0.5, 0.6) is 0 Å². The monoisotopic (exact) mass is 277 g/mol. The van der Waals surface area contributed by atoms with Crippen LogP contribution in [-0.2, 0) is 0 Å². The topological polar surface area (TPSA) is 64.9 Å². The van der Waals surface area contributed by atoms with Crippen LogP contribution in [0.1, 0.15) is 37.9 Å². The number of rotatable bonds is 2. The summed E-state index contributed by atoms with van der Waals surface area (Å²) in [5.41, 5.74) is 7.23. The van der Waals surface area contributed by atoms with Crippen molar-refractivity contribution in [2.75, 3.05) is 5.73 Å². The van der Waals surface area contributed by atoms with Gasteiger partial charge in [-0.3, -0.25) is 0 Å². The fourth-order valence-electron chi connectivity index (χ4n) is 2.68. The van der Waals surface area contributed by atoms with Crippen LogP contribution >= 0.6 is 11.6 Å². The third-order valence-corrected chi connectivity index (χ3v) is 3.98. The van der Waals surface area contributed by atoms with Crippen molar-refractivity contribution in [1.29, 1.82) is 0 Å². The van der Waals surface area contributed by atoms with Crippen molar-refractivity contribution < 1.29 is 4.52 Å². The molecule has 19 heavy (non-hydrogen) atoms. The Balaban J connectivity index is 1.88. The number of nitrogens with zero attached hydrogens (tertiary/aromatic N) is 2. The first-order chi connectivity index (χ1) is 9.13. The van der Waals surface area contributed by atoms with E-state index in [1.54, 1.807) is 12.1 Å². The fourth-order valence-corrected chi connectivity index (χ4v) is 2.86. The Bertz CT molecular complexity index is 596. The highest BCUT2D eigenvalue weighted by atomic mass is 35.5. The van der Waals surface area contributed by atoms with E-state index in [4.69, 9.17) is 21.9 Å². The number of nitrogen functional groups attached to an aromatic ring is 1. The van der Waals surface area contributed by atoms with Crippen LogP contribution < -0.4 is 5.73 Å². The molecule has 0 bridgehead atoms. The first-order valence-corrected chi connectivity index (χ1v) is 6.90. The molecule has 3 rings (SSSR count). The van der Waals surface area contributed by atoms with E-state index >= 15 is 0 Å². The van der Waals surface area contributed by atoms with E-state index in [0.717, 1.165) is 30.1 Å². The maximum Gasteiger partial charge on any atom is 0.260 e. The van der Waals surface area contributed by atoms with Crippen molar-refractivity contribution in [2.45, 2.75) is 32.1 Å². The van der Waals surface area contributed by atoms with Crippen molar-refractivity contribution in [1.82, 2.24) is 10.1 Å². The molecule has 0 aliphatic heterocycles. The number of halogens is 1. The lowest BCUT2D eigenvalue weighted by Crippen LogP contribution is -1.96. The Labute approximate surface area is 117 Å². The number of nitrogens with two attached hydrogens (primary N) is 1. The zero-order valence-electron chi connectivity index (χ0n) is 10.8. The molecule has 1 saturated carbocycles. The van der Waals surface area contributed by atoms with Gasteiger partial charge >= 0.3 is 0 Å². The van der Waals surface area contributed by atoms with Gasteiger partial charge in [0.2, 0.25) is 0 Å². The molecule has 1 aliphatic carbocycles. The summed E-state index contributed by atoms with van der Waals surface area (Å²) >= 11 is 5.88. The minimum atomic E-state index is 0.418. The standard InChI is InChI=1S/C14H16ClN3O/c1-8-2-3-9(6-8)13-17-14(19-18-13)11-5-4-10(15)7-12(11)16/h4-5,7-9H,2-3,6,16H2,1H3. The van der Waals surface area contributed by atoms with Crippen LogP contribution in [0.3, 0.4) is 0 Å². The summed E-state index contributed by atoms with van der Waals surface area (Å²) in [5.74, 6) is 2.44. The second-order valence-electron chi connectivity index (χ2n) is 5.30. The van der Waals surface area contributed by atoms with Gasteiger partial charge in [0.25, 0.3) is 5.89 Å². The lowest BCUT2D eigenvalue weighted by atomic mass is 10.1. The van der Waals surface area contributed by atoms with Crippen LogP contribution in [0.4, 0.5) is 5.69 Å².